The summed E-state index contributed by atoms with van der Waals surface area (Å²) < 4.78 is 7.57. The van der Waals surface area contributed by atoms with Gasteiger partial charge in [0, 0.05) is 49.5 Å². The Hall–Kier alpha value is -2.66. The molecule has 5 nitrogen and oxygen atoms in total. The molecular weight excluding hydrogens is 314 g/mol. The normalized spacial score (nSPS) is 13.6. The van der Waals surface area contributed by atoms with Crippen molar-refractivity contribution in [3.8, 4) is 0 Å². The van der Waals surface area contributed by atoms with Gasteiger partial charge in [0.15, 0.2) is 0 Å². The van der Waals surface area contributed by atoms with Crippen LogP contribution in [-0.4, -0.2) is 28.7 Å². The summed E-state index contributed by atoms with van der Waals surface area (Å²) in [5, 5.41) is 4.58. The number of pyridine rings is 1. The molecule has 0 aliphatic carbocycles. The van der Waals surface area contributed by atoms with Crippen molar-refractivity contribution in [2.75, 3.05) is 13.2 Å². The Morgan fingerprint density at radius 3 is 3.04 bits per heavy atom. The number of esters is 1. The van der Waals surface area contributed by atoms with E-state index in [0.717, 1.165) is 36.0 Å². The second kappa shape index (κ2) is 6.69. The molecule has 0 saturated carbocycles. The van der Waals surface area contributed by atoms with Crippen molar-refractivity contribution in [2.45, 2.75) is 26.4 Å². The highest BCUT2D eigenvalue weighted by Gasteiger charge is 2.24. The number of rotatable bonds is 4. The minimum Gasteiger partial charge on any atom is -0.462 e. The Labute approximate surface area is 146 Å². The topological polar surface area (TPSA) is 56.2 Å². The molecule has 1 aromatic carbocycles. The number of para-hydroxylation sites is 1. The minimum atomic E-state index is -0.261. The van der Waals surface area contributed by atoms with Crippen LogP contribution >= 0.6 is 0 Å². The molecule has 25 heavy (non-hydrogen) atoms. The molecule has 0 radical (unpaired) electrons. The zero-order valence-corrected chi connectivity index (χ0v) is 14.3. The van der Waals surface area contributed by atoms with Crippen LogP contribution in [0.3, 0.4) is 0 Å². The number of hydrogen-bond acceptors (Lipinski definition) is 4. The largest absolute Gasteiger partial charge is 0.462 e. The van der Waals surface area contributed by atoms with Gasteiger partial charge in [0.05, 0.1) is 17.7 Å². The van der Waals surface area contributed by atoms with Gasteiger partial charge >= 0.3 is 5.97 Å². The van der Waals surface area contributed by atoms with Crippen molar-refractivity contribution in [2.24, 2.45) is 0 Å². The first-order valence-electron chi connectivity index (χ1n) is 8.69. The Bertz CT molecular complexity index is 916. The van der Waals surface area contributed by atoms with Crippen molar-refractivity contribution in [1.29, 1.82) is 0 Å². The molecule has 0 bridgehead atoms. The van der Waals surface area contributed by atoms with Crippen LogP contribution in [0.4, 0.5) is 0 Å². The summed E-state index contributed by atoms with van der Waals surface area (Å²) in [6, 6.07) is 9.92. The van der Waals surface area contributed by atoms with Crippen molar-refractivity contribution in [3.63, 3.8) is 0 Å². The molecule has 0 amide bonds. The number of nitrogens with zero attached hydrogens (tertiary/aromatic N) is 2. The van der Waals surface area contributed by atoms with E-state index in [1.165, 1.54) is 11.3 Å². The average molecular weight is 335 g/mol. The average Bonchev–Trinajstić information content (AvgIpc) is 2.97. The lowest BCUT2D eigenvalue weighted by molar-refractivity contribution is 0.0528. The molecule has 128 valence electrons. The summed E-state index contributed by atoms with van der Waals surface area (Å²) in [5.41, 5.74) is 5.32. The summed E-state index contributed by atoms with van der Waals surface area (Å²) >= 11 is 0. The molecule has 3 aromatic rings. The first kappa shape index (κ1) is 15.8. The predicted octanol–water partition coefficient (Wildman–Crippen LogP) is 2.91. The van der Waals surface area contributed by atoms with E-state index in [4.69, 9.17) is 4.74 Å². The van der Waals surface area contributed by atoms with E-state index < -0.39 is 0 Å². The van der Waals surface area contributed by atoms with Gasteiger partial charge in [0.25, 0.3) is 0 Å². The number of benzene rings is 1. The standard InChI is InChI=1S/C20H21N3O2/c1-2-25-20(24)16-7-3-6-15-17-12-22-10-8-18(17)23(19(15)16)13-14-5-4-9-21-11-14/h3-7,9,11,22H,2,8,10,12-13H2,1H3. The molecule has 0 saturated heterocycles. The first-order valence-corrected chi connectivity index (χ1v) is 8.69. The fraction of sp³-hybridized carbons (Fsp3) is 0.300. The fourth-order valence-electron chi connectivity index (χ4n) is 3.66. The highest BCUT2D eigenvalue weighted by Crippen LogP contribution is 2.32. The maximum absolute atomic E-state index is 12.5. The lowest BCUT2D eigenvalue weighted by Crippen LogP contribution is -2.24. The summed E-state index contributed by atoms with van der Waals surface area (Å²) in [7, 11) is 0. The van der Waals surface area contributed by atoms with Crippen molar-refractivity contribution < 1.29 is 9.53 Å². The zero-order valence-electron chi connectivity index (χ0n) is 14.3. The summed E-state index contributed by atoms with van der Waals surface area (Å²) in [5.74, 6) is -0.261. The van der Waals surface area contributed by atoms with Crippen LogP contribution in [0, 0.1) is 0 Å². The Balaban J connectivity index is 1.93. The Kier molecular flexibility index (Phi) is 4.24. The lowest BCUT2D eigenvalue weighted by Gasteiger charge is -2.17. The van der Waals surface area contributed by atoms with E-state index in [2.05, 4.69) is 27.0 Å². The second-order valence-corrected chi connectivity index (χ2v) is 6.22. The summed E-state index contributed by atoms with van der Waals surface area (Å²) in [6.07, 6.45) is 4.61. The number of ether oxygens (including phenoxy) is 1. The van der Waals surface area contributed by atoms with Crippen LogP contribution in [0.1, 0.15) is 34.1 Å². The second-order valence-electron chi connectivity index (χ2n) is 6.22. The molecule has 4 rings (SSSR count). The van der Waals surface area contributed by atoms with Gasteiger partial charge in [-0.05, 0) is 30.2 Å². The molecule has 1 aliphatic rings. The molecule has 1 N–H and O–H groups in total. The van der Waals surface area contributed by atoms with Crippen molar-refractivity contribution in [1.82, 2.24) is 14.9 Å². The number of carbonyl (C=O) groups is 1. The fourth-order valence-corrected chi connectivity index (χ4v) is 3.66. The van der Waals surface area contributed by atoms with Gasteiger partial charge in [0.2, 0.25) is 0 Å². The van der Waals surface area contributed by atoms with Crippen LogP contribution in [0.15, 0.2) is 42.7 Å². The van der Waals surface area contributed by atoms with Crippen LogP contribution in [-0.2, 0) is 24.2 Å². The summed E-state index contributed by atoms with van der Waals surface area (Å²) in [4.78, 5) is 16.7. The van der Waals surface area contributed by atoms with Gasteiger partial charge in [-0.1, -0.05) is 18.2 Å². The van der Waals surface area contributed by atoms with Gasteiger partial charge in [-0.3, -0.25) is 4.98 Å². The highest BCUT2D eigenvalue weighted by atomic mass is 16.5. The highest BCUT2D eigenvalue weighted by molar-refractivity contribution is 6.04. The molecule has 1 aliphatic heterocycles. The molecule has 2 aromatic heterocycles. The van der Waals surface area contributed by atoms with Gasteiger partial charge in [0.1, 0.15) is 0 Å². The maximum atomic E-state index is 12.5. The van der Waals surface area contributed by atoms with E-state index in [1.54, 1.807) is 6.20 Å². The number of fused-ring (bicyclic) bond motifs is 3. The number of aromatic nitrogens is 2. The molecular formula is C20H21N3O2. The van der Waals surface area contributed by atoms with Crippen LogP contribution in [0.5, 0.6) is 0 Å². The third-order valence-corrected chi connectivity index (χ3v) is 4.70. The molecule has 0 atom stereocenters. The van der Waals surface area contributed by atoms with Crippen LogP contribution in [0.2, 0.25) is 0 Å². The van der Waals surface area contributed by atoms with E-state index in [1.807, 2.05) is 31.3 Å². The molecule has 3 heterocycles. The molecule has 0 fully saturated rings. The number of hydrogen-bond donors (Lipinski definition) is 1. The Morgan fingerprint density at radius 1 is 1.32 bits per heavy atom. The minimum absolute atomic E-state index is 0.261. The van der Waals surface area contributed by atoms with E-state index in [9.17, 15) is 4.79 Å². The molecule has 0 unspecified atom stereocenters. The SMILES string of the molecule is CCOC(=O)c1cccc2c3c(n(Cc4cccnc4)c12)CCNC3. The van der Waals surface area contributed by atoms with E-state index in [0.29, 0.717) is 18.7 Å². The molecule has 5 heteroatoms. The molecule has 0 spiro atoms. The van der Waals surface area contributed by atoms with Gasteiger partial charge < -0.3 is 14.6 Å². The van der Waals surface area contributed by atoms with Gasteiger partial charge in [-0.15, -0.1) is 0 Å². The number of carbonyl (C=O) groups excluding carboxylic acids is 1. The van der Waals surface area contributed by atoms with Crippen molar-refractivity contribution >= 4 is 16.9 Å². The number of nitrogens with one attached hydrogen (secondary N) is 1. The smallest absolute Gasteiger partial charge is 0.340 e. The van der Waals surface area contributed by atoms with E-state index in [-0.39, 0.29) is 5.97 Å². The van der Waals surface area contributed by atoms with Gasteiger partial charge in [-0.2, -0.15) is 0 Å². The maximum Gasteiger partial charge on any atom is 0.340 e. The van der Waals surface area contributed by atoms with E-state index >= 15 is 0 Å². The Morgan fingerprint density at radius 2 is 2.24 bits per heavy atom. The van der Waals surface area contributed by atoms with Crippen molar-refractivity contribution in [3.05, 3.63) is 65.1 Å². The predicted molar refractivity (Wildman–Crippen MR) is 96.6 cm³/mol. The summed E-state index contributed by atoms with van der Waals surface area (Å²) in [6.45, 7) is 4.70. The monoisotopic (exact) mass is 335 g/mol. The zero-order chi connectivity index (χ0) is 17.2. The third-order valence-electron chi connectivity index (χ3n) is 4.70. The quantitative estimate of drug-likeness (QED) is 0.745. The first-order chi connectivity index (χ1) is 12.3. The van der Waals surface area contributed by atoms with Crippen LogP contribution < -0.4 is 5.32 Å². The van der Waals surface area contributed by atoms with Gasteiger partial charge in [-0.25, -0.2) is 4.79 Å². The van der Waals surface area contributed by atoms with Crippen LogP contribution in [0.25, 0.3) is 10.9 Å². The lowest BCUT2D eigenvalue weighted by atomic mass is 10.0. The third kappa shape index (κ3) is 2.81.